The molecular formula is C21H28N4O2S. The molecule has 2 aromatic rings. The molecule has 28 heavy (non-hydrogen) atoms. The Bertz CT molecular complexity index is 759. The zero-order chi connectivity index (χ0) is 19.3. The minimum absolute atomic E-state index is 0.0262. The highest BCUT2D eigenvalue weighted by Crippen LogP contribution is 2.31. The molecule has 3 atom stereocenters. The van der Waals surface area contributed by atoms with Crippen molar-refractivity contribution in [2.24, 2.45) is 5.92 Å². The number of likely N-dealkylation sites (tertiary alicyclic amines) is 1. The predicted octanol–water partition coefficient (Wildman–Crippen LogP) is 3.02. The average Bonchev–Trinajstić information content (AvgIpc) is 3.44. The third-order valence-electron chi connectivity index (χ3n) is 5.57. The van der Waals surface area contributed by atoms with Gasteiger partial charge in [-0.3, -0.25) is 9.69 Å². The Morgan fingerprint density at radius 3 is 2.71 bits per heavy atom. The molecule has 0 radical (unpaired) electrons. The van der Waals surface area contributed by atoms with E-state index in [4.69, 9.17) is 4.74 Å². The molecule has 2 saturated heterocycles. The van der Waals surface area contributed by atoms with Gasteiger partial charge in [0.2, 0.25) is 5.91 Å². The van der Waals surface area contributed by atoms with Crippen molar-refractivity contribution in [1.29, 1.82) is 0 Å². The van der Waals surface area contributed by atoms with Gasteiger partial charge in [-0.2, -0.15) is 0 Å². The first-order valence-electron chi connectivity index (χ1n) is 10.0. The molecule has 2 aliphatic heterocycles. The number of carbonyl (C=O) groups is 1. The Hall–Kier alpha value is -1.93. The summed E-state index contributed by atoms with van der Waals surface area (Å²) < 4.78 is 5.82. The fourth-order valence-corrected chi connectivity index (χ4v) is 4.78. The summed E-state index contributed by atoms with van der Waals surface area (Å²) in [7, 11) is 0. The summed E-state index contributed by atoms with van der Waals surface area (Å²) in [4.78, 5) is 16.4. The van der Waals surface area contributed by atoms with Gasteiger partial charge in [0, 0.05) is 23.0 Å². The highest BCUT2D eigenvalue weighted by molar-refractivity contribution is 7.10. The topological polar surface area (TPSA) is 65.6 Å². The van der Waals surface area contributed by atoms with Gasteiger partial charge in [-0.05, 0) is 61.6 Å². The number of hydrogen-bond donors (Lipinski definition) is 3. The third-order valence-corrected chi connectivity index (χ3v) is 6.53. The molecule has 0 bridgehead atoms. The van der Waals surface area contributed by atoms with Crippen molar-refractivity contribution in [2.75, 3.05) is 31.6 Å². The molecular weight excluding hydrogens is 372 g/mol. The Balaban J connectivity index is 1.26. The quantitative estimate of drug-likeness (QED) is 0.667. The molecule has 0 saturated carbocycles. The molecule has 3 N–H and O–H groups in total. The second kappa shape index (κ2) is 9.05. The first-order chi connectivity index (χ1) is 13.7. The van der Waals surface area contributed by atoms with Crippen LogP contribution in [0.3, 0.4) is 0 Å². The molecule has 2 fully saturated rings. The average molecular weight is 401 g/mol. The first kappa shape index (κ1) is 19.4. The number of benzene rings is 1. The Morgan fingerprint density at radius 1 is 1.21 bits per heavy atom. The highest BCUT2D eigenvalue weighted by atomic mass is 32.1. The van der Waals surface area contributed by atoms with Crippen LogP contribution < -0.4 is 20.9 Å². The Labute approximate surface area is 170 Å². The van der Waals surface area contributed by atoms with Gasteiger partial charge in [0.1, 0.15) is 18.4 Å². The number of hydrogen-bond acceptors (Lipinski definition) is 6. The van der Waals surface area contributed by atoms with Crippen molar-refractivity contribution in [3.8, 4) is 5.75 Å². The molecule has 150 valence electrons. The van der Waals surface area contributed by atoms with Crippen LogP contribution >= 0.6 is 11.3 Å². The Morgan fingerprint density at radius 2 is 2.00 bits per heavy atom. The van der Waals surface area contributed by atoms with E-state index in [1.54, 1.807) is 11.3 Å². The van der Waals surface area contributed by atoms with Gasteiger partial charge in [0.15, 0.2) is 0 Å². The van der Waals surface area contributed by atoms with Gasteiger partial charge >= 0.3 is 0 Å². The van der Waals surface area contributed by atoms with Crippen LogP contribution in [0.4, 0.5) is 5.69 Å². The zero-order valence-corrected chi connectivity index (χ0v) is 17.0. The minimum Gasteiger partial charge on any atom is -0.492 e. The van der Waals surface area contributed by atoms with Crippen LogP contribution in [0.1, 0.15) is 30.7 Å². The molecule has 0 aliphatic carbocycles. The van der Waals surface area contributed by atoms with E-state index in [1.807, 2.05) is 30.3 Å². The summed E-state index contributed by atoms with van der Waals surface area (Å²) in [6, 6.07) is 11.6. The number of amides is 1. The normalized spacial score (nSPS) is 25.1. The summed E-state index contributed by atoms with van der Waals surface area (Å²) in [6.45, 7) is 6.14. The van der Waals surface area contributed by atoms with Crippen molar-refractivity contribution in [3.05, 3.63) is 46.7 Å². The molecule has 1 aromatic carbocycles. The second-order valence-electron chi connectivity index (χ2n) is 7.53. The van der Waals surface area contributed by atoms with Crippen LogP contribution in [-0.4, -0.2) is 43.1 Å². The van der Waals surface area contributed by atoms with Gasteiger partial charge in [0.05, 0.1) is 6.04 Å². The molecule has 1 aromatic heterocycles. The maximum absolute atomic E-state index is 12.7. The lowest BCUT2D eigenvalue weighted by molar-refractivity contribution is -0.118. The molecule has 3 unspecified atom stereocenters. The molecule has 4 rings (SSSR count). The highest BCUT2D eigenvalue weighted by Gasteiger charge is 2.38. The van der Waals surface area contributed by atoms with Crippen LogP contribution in [0.25, 0.3) is 0 Å². The number of rotatable bonds is 7. The summed E-state index contributed by atoms with van der Waals surface area (Å²) in [5.41, 5.74) is 7.19. The SMILES string of the molecule is CC1C(C(=O)Nc2ccc(OCCN3CCCC3)cc2)NNC1c1cccs1. The van der Waals surface area contributed by atoms with Crippen LogP contribution in [0, 0.1) is 5.92 Å². The van der Waals surface area contributed by atoms with E-state index in [0.29, 0.717) is 6.61 Å². The maximum Gasteiger partial charge on any atom is 0.243 e. The molecule has 6 nitrogen and oxygen atoms in total. The lowest BCUT2D eigenvalue weighted by Crippen LogP contribution is -2.41. The smallest absolute Gasteiger partial charge is 0.243 e. The van der Waals surface area contributed by atoms with Crippen molar-refractivity contribution >= 4 is 22.9 Å². The third kappa shape index (κ3) is 4.55. The van der Waals surface area contributed by atoms with Crippen LogP contribution in [0.5, 0.6) is 5.75 Å². The van der Waals surface area contributed by atoms with E-state index in [-0.39, 0.29) is 23.9 Å². The number of hydrazine groups is 1. The lowest BCUT2D eigenvalue weighted by Gasteiger charge is -2.17. The molecule has 0 spiro atoms. The number of carbonyl (C=O) groups excluding carboxylic acids is 1. The number of thiophene rings is 1. The summed E-state index contributed by atoms with van der Waals surface area (Å²) in [6.07, 6.45) is 2.60. The fraction of sp³-hybridized carbons (Fsp3) is 0.476. The van der Waals surface area contributed by atoms with Crippen molar-refractivity contribution in [3.63, 3.8) is 0 Å². The maximum atomic E-state index is 12.7. The van der Waals surface area contributed by atoms with Gasteiger partial charge < -0.3 is 10.1 Å². The van der Waals surface area contributed by atoms with Crippen molar-refractivity contribution < 1.29 is 9.53 Å². The van der Waals surface area contributed by atoms with Crippen LogP contribution in [-0.2, 0) is 4.79 Å². The molecule has 1 amide bonds. The molecule has 3 heterocycles. The first-order valence-corrected chi connectivity index (χ1v) is 10.9. The van der Waals surface area contributed by atoms with E-state index < -0.39 is 0 Å². The minimum atomic E-state index is -0.275. The van der Waals surface area contributed by atoms with Gasteiger partial charge in [-0.1, -0.05) is 13.0 Å². The fourth-order valence-electron chi connectivity index (χ4n) is 3.89. The number of nitrogens with zero attached hydrogens (tertiary/aromatic N) is 1. The summed E-state index contributed by atoms with van der Waals surface area (Å²) in [5, 5.41) is 5.07. The number of nitrogens with one attached hydrogen (secondary N) is 3. The van der Waals surface area contributed by atoms with E-state index in [1.165, 1.54) is 30.8 Å². The van der Waals surface area contributed by atoms with E-state index in [2.05, 4.69) is 39.4 Å². The second-order valence-corrected chi connectivity index (χ2v) is 8.51. The summed E-state index contributed by atoms with van der Waals surface area (Å²) >= 11 is 1.71. The van der Waals surface area contributed by atoms with E-state index in [9.17, 15) is 4.79 Å². The lowest BCUT2D eigenvalue weighted by atomic mass is 9.95. The van der Waals surface area contributed by atoms with Crippen LogP contribution in [0.15, 0.2) is 41.8 Å². The standard InChI is InChI=1S/C21H28N4O2S/c1-15-19(18-5-4-14-28-18)23-24-20(15)21(26)22-16-6-8-17(9-7-16)27-13-12-25-10-2-3-11-25/h4-9,14-15,19-20,23-24H,2-3,10-13H2,1H3,(H,22,26). The van der Waals surface area contributed by atoms with Crippen LogP contribution in [0.2, 0.25) is 0 Å². The van der Waals surface area contributed by atoms with Gasteiger partial charge in [-0.15, -0.1) is 11.3 Å². The van der Waals surface area contributed by atoms with Gasteiger partial charge in [-0.25, -0.2) is 10.9 Å². The Kier molecular flexibility index (Phi) is 6.26. The largest absolute Gasteiger partial charge is 0.492 e. The molecule has 7 heteroatoms. The summed E-state index contributed by atoms with van der Waals surface area (Å²) in [5.74, 6) is 0.970. The van der Waals surface area contributed by atoms with Gasteiger partial charge in [0.25, 0.3) is 0 Å². The van der Waals surface area contributed by atoms with E-state index in [0.717, 1.165) is 18.0 Å². The van der Waals surface area contributed by atoms with Crippen molar-refractivity contribution in [1.82, 2.24) is 15.8 Å². The zero-order valence-electron chi connectivity index (χ0n) is 16.2. The van der Waals surface area contributed by atoms with E-state index >= 15 is 0 Å². The monoisotopic (exact) mass is 400 g/mol. The number of anilines is 1. The van der Waals surface area contributed by atoms with Crippen molar-refractivity contribution in [2.45, 2.75) is 31.8 Å². The molecule has 2 aliphatic rings. The number of ether oxygens (including phenoxy) is 1. The predicted molar refractivity (Wildman–Crippen MR) is 113 cm³/mol.